The van der Waals surface area contributed by atoms with E-state index in [1.54, 1.807) is 21.7 Å². The van der Waals surface area contributed by atoms with Crippen molar-refractivity contribution in [2.24, 2.45) is 17.8 Å². The minimum atomic E-state index is -1.27. The fraction of sp³-hybridized carbons (Fsp3) is 0.720. The molecule has 8 heteroatoms. The molecule has 0 aromatic rings. The second-order valence-corrected chi connectivity index (χ2v) is 10.5. The standard InChI is InChI=1S/C25H37N3O5/c1-7-16(4)17(14-29)28-20-23(32)27(15(2)3)13-9-11-25(20)19(22(28)31)18-21(30)26(6)12-8-10-24(18,5)33-25/h8-11,15-20,29H,7,12-14H2,1-6H3/t16-,17-,18-,19-,20?,24+,25-/m0/s1. The Balaban J connectivity index is 1.93. The van der Waals surface area contributed by atoms with Crippen molar-refractivity contribution >= 4 is 17.7 Å². The molecule has 182 valence electrons. The van der Waals surface area contributed by atoms with E-state index < -0.39 is 35.1 Å². The number of likely N-dealkylation sites (N-methyl/N-ethyl adjacent to an activating group) is 1. The lowest BCUT2D eigenvalue weighted by Crippen LogP contribution is -2.60. The average Bonchev–Trinajstić information content (AvgIpc) is 3.03. The molecule has 7 atom stereocenters. The SMILES string of the molecule is CC[C@H](C)[C@H](CO)N1C(=O)[C@@H]2[C@H]3C(=O)N(C)CC=C[C@@]3(C)O[C@@]23C=CCN(C(C)C)C(=O)C13. The molecule has 0 aromatic heterocycles. The molecular weight excluding hydrogens is 422 g/mol. The summed E-state index contributed by atoms with van der Waals surface area (Å²) in [6, 6.07) is -1.54. The quantitative estimate of drug-likeness (QED) is 0.624. The average molecular weight is 460 g/mol. The van der Waals surface area contributed by atoms with Gasteiger partial charge in [0, 0.05) is 26.2 Å². The van der Waals surface area contributed by atoms with E-state index in [1.807, 2.05) is 58.9 Å². The van der Waals surface area contributed by atoms with E-state index in [4.69, 9.17) is 4.74 Å². The van der Waals surface area contributed by atoms with Gasteiger partial charge in [0.15, 0.2) is 0 Å². The smallest absolute Gasteiger partial charge is 0.249 e. The van der Waals surface area contributed by atoms with Crippen LogP contribution in [-0.2, 0) is 19.1 Å². The molecule has 2 fully saturated rings. The molecule has 3 amide bonds. The highest BCUT2D eigenvalue weighted by atomic mass is 16.5. The minimum absolute atomic E-state index is 0.0267. The van der Waals surface area contributed by atoms with Crippen LogP contribution in [-0.4, -0.2) is 93.6 Å². The maximum atomic E-state index is 14.2. The van der Waals surface area contributed by atoms with E-state index in [-0.39, 0.29) is 36.3 Å². The number of aliphatic hydroxyl groups is 1. The highest BCUT2D eigenvalue weighted by Gasteiger charge is 2.75. The van der Waals surface area contributed by atoms with Gasteiger partial charge in [-0.05, 0) is 26.7 Å². The Morgan fingerprint density at radius 2 is 1.73 bits per heavy atom. The summed E-state index contributed by atoms with van der Waals surface area (Å²) >= 11 is 0. The van der Waals surface area contributed by atoms with Gasteiger partial charge >= 0.3 is 0 Å². The molecule has 33 heavy (non-hydrogen) atoms. The topological polar surface area (TPSA) is 90.4 Å². The fourth-order valence-corrected chi connectivity index (χ4v) is 6.24. The van der Waals surface area contributed by atoms with Gasteiger partial charge < -0.3 is 24.5 Å². The Kier molecular flexibility index (Phi) is 5.98. The largest absolute Gasteiger partial charge is 0.394 e. The summed E-state index contributed by atoms with van der Waals surface area (Å²) in [5.74, 6) is -2.25. The summed E-state index contributed by atoms with van der Waals surface area (Å²) in [5, 5.41) is 10.3. The third-order valence-electron chi connectivity index (χ3n) is 8.20. The lowest BCUT2D eigenvalue weighted by atomic mass is 9.74. The predicted octanol–water partition coefficient (Wildman–Crippen LogP) is 1.20. The molecule has 4 aliphatic rings. The third kappa shape index (κ3) is 3.28. The first-order valence-corrected chi connectivity index (χ1v) is 12.1. The maximum Gasteiger partial charge on any atom is 0.249 e. The van der Waals surface area contributed by atoms with Crippen LogP contribution in [0.25, 0.3) is 0 Å². The predicted molar refractivity (Wildman–Crippen MR) is 123 cm³/mol. The summed E-state index contributed by atoms with van der Waals surface area (Å²) in [5.41, 5.74) is -2.27. The second kappa shape index (κ2) is 8.24. The van der Waals surface area contributed by atoms with Crippen LogP contribution in [0.2, 0.25) is 0 Å². The first kappa shape index (κ1) is 24.0. The molecule has 8 nitrogen and oxygen atoms in total. The highest BCUT2D eigenvalue weighted by molar-refractivity contribution is 6.00. The van der Waals surface area contributed by atoms with Gasteiger partial charge in [-0.25, -0.2) is 0 Å². The molecule has 0 saturated carbocycles. The zero-order valence-corrected chi connectivity index (χ0v) is 20.5. The van der Waals surface area contributed by atoms with E-state index >= 15 is 0 Å². The van der Waals surface area contributed by atoms with Crippen LogP contribution >= 0.6 is 0 Å². The van der Waals surface area contributed by atoms with Crippen molar-refractivity contribution < 1.29 is 24.2 Å². The zero-order chi connectivity index (χ0) is 24.3. The number of nitrogens with zero attached hydrogens (tertiary/aromatic N) is 3. The van der Waals surface area contributed by atoms with Gasteiger partial charge in [0.05, 0.1) is 30.1 Å². The Morgan fingerprint density at radius 3 is 2.33 bits per heavy atom. The lowest BCUT2D eigenvalue weighted by Gasteiger charge is -2.42. The van der Waals surface area contributed by atoms with Crippen LogP contribution in [0.4, 0.5) is 0 Å². The van der Waals surface area contributed by atoms with Crippen molar-refractivity contribution in [2.45, 2.75) is 70.4 Å². The van der Waals surface area contributed by atoms with Crippen molar-refractivity contribution in [2.75, 3.05) is 26.7 Å². The second-order valence-electron chi connectivity index (χ2n) is 10.5. The number of ether oxygens (including phenoxy) is 1. The molecule has 0 radical (unpaired) electrons. The monoisotopic (exact) mass is 459 g/mol. The number of fused-ring (bicyclic) bond motifs is 2. The van der Waals surface area contributed by atoms with E-state index in [0.29, 0.717) is 13.1 Å². The number of amides is 3. The van der Waals surface area contributed by atoms with Crippen LogP contribution in [0, 0.1) is 17.8 Å². The summed E-state index contributed by atoms with van der Waals surface area (Å²) in [6.07, 6.45) is 8.26. The molecule has 4 rings (SSSR count). The number of aliphatic hydroxyl groups excluding tert-OH is 1. The van der Waals surface area contributed by atoms with Gasteiger partial charge in [-0.15, -0.1) is 0 Å². The molecule has 4 heterocycles. The van der Waals surface area contributed by atoms with Gasteiger partial charge in [0.25, 0.3) is 0 Å². The summed E-state index contributed by atoms with van der Waals surface area (Å²) in [4.78, 5) is 46.7. The van der Waals surface area contributed by atoms with E-state index in [0.717, 1.165) is 6.42 Å². The lowest BCUT2D eigenvalue weighted by molar-refractivity contribution is -0.157. The Hall–Kier alpha value is -2.19. The first-order valence-electron chi connectivity index (χ1n) is 12.1. The number of hydrogen-bond donors (Lipinski definition) is 1. The Bertz CT molecular complexity index is 900. The Morgan fingerprint density at radius 1 is 1.06 bits per heavy atom. The molecule has 4 aliphatic heterocycles. The molecule has 0 bridgehead atoms. The molecular formula is C25H37N3O5. The van der Waals surface area contributed by atoms with E-state index in [2.05, 4.69) is 0 Å². The number of rotatable bonds is 5. The van der Waals surface area contributed by atoms with E-state index in [1.165, 1.54) is 0 Å². The minimum Gasteiger partial charge on any atom is -0.394 e. The van der Waals surface area contributed by atoms with E-state index in [9.17, 15) is 19.5 Å². The summed E-state index contributed by atoms with van der Waals surface area (Å²) in [7, 11) is 1.72. The van der Waals surface area contributed by atoms with Crippen LogP contribution < -0.4 is 0 Å². The van der Waals surface area contributed by atoms with Gasteiger partial charge in [0.1, 0.15) is 11.6 Å². The number of hydrogen-bond acceptors (Lipinski definition) is 5. The molecule has 0 aromatic carbocycles. The molecule has 1 N–H and O–H groups in total. The van der Waals surface area contributed by atoms with Crippen molar-refractivity contribution in [1.82, 2.24) is 14.7 Å². The van der Waals surface area contributed by atoms with Crippen molar-refractivity contribution in [1.29, 1.82) is 0 Å². The summed E-state index contributed by atoms with van der Waals surface area (Å²) < 4.78 is 6.74. The summed E-state index contributed by atoms with van der Waals surface area (Å²) in [6.45, 7) is 10.3. The van der Waals surface area contributed by atoms with Gasteiger partial charge in [0.2, 0.25) is 17.7 Å². The molecule has 2 saturated heterocycles. The molecule has 1 unspecified atom stereocenters. The fourth-order valence-electron chi connectivity index (χ4n) is 6.24. The molecule has 1 spiro atoms. The Labute approximate surface area is 196 Å². The third-order valence-corrected chi connectivity index (χ3v) is 8.20. The van der Waals surface area contributed by atoms with Crippen molar-refractivity contribution in [3.63, 3.8) is 0 Å². The zero-order valence-electron chi connectivity index (χ0n) is 20.5. The number of carbonyl (C=O) groups is 3. The van der Waals surface area contributed by atoms with Crippen LogP contribution in [0.15, 0.2) is 24.3 Å². The van der Waals surface area contributed by atoms with Crippen molar-refractivity contribution in [3.8, 4) is 0 Å². The maximum absolute atomic E-state index is 14.2. The van der Waals surface area contributed by atoms with Gasteiger partial charge in [-0.3, -0.25) is 14.4 Å². The van der Waals surface area contributed by atoms with Crippen LogP contribution in [0.3, 0.4) is 0 Å². The normalized spacial score (nSPS) is 37.8. The van der Waals surface area contributed by atoms with Crippen LogP contribution in [0.1, 0.15) is 41.0 Å². The first-order chi connectivity index (χ1) is 15.5. The number of likely N-dealkylation sites (tertiary alicyclic amines) is 1. The van der Waals surface area contributed by atoms with Crippen molar-refractivity contribution in [3.05, 3.63) is 24.3 Å². The van der Waals surface area contributed by atoms with Crippen LogP contribution in [0.5, 0.6) is 0 Å². The number of carbonyl (C=O) groups excluding carboxylic acids is 3. The molecule has 0 aliphatic carbocycles. The van der Waals surface area contributed by atoms with Gasteiger partial charge in [-0.2, -0.15) is 0 Å². The highest BCUT2D eigenvalue weighted by Crippen LogP contribution is 2.58. The van der Waals surface area contributed by atoms with Gasteiger partial charge in [-0.1, -0.05) is 44.6 Å².